The Morgan fingerprint density at radius 2 is 2.29 bits per heavy atom. The third kappa shape index (κ3) is 1.43. The summed E-state index contributed by atoms with van der Waals surface area (Å²) in [7, 11) is 0. The molecule has 3 rings (SSSR count). The van der Waals surface area contributed by atoms with Crippen molar-refractivity contribution < 1.29 is 9.53 Å². The highest BCUT2D eigenvalue weighted by Gasteiger charge is 2.31. The summed E-state index contributed by atoms with van der Waals surface area (Å²) in [5.41, 5.74) is 2.70. The molecule has 0 aromatic carbocycles. The fraction of sp³-hybridized carbons (Fsp3) is 0.538. The van der Waals surface area contributed by atoms with Crippen molar-refractivity contribution in [1.82, 2.24) is 4.57 Å². The van der Waals surface area contributed by atoms with Gasteiger partial charge in [-0.3, -0.25) is 9.59 Å². The normalized spacial score (nSPS) is 21.9. The predicted octanol–water partition coefficient (Wildman–Crippen LogP) is 1.34. The monoisotopic (exact) mass is 233 g/mol. The van der Waals surface area contributed by atoms with Gasteiger partial charge in [0.25, 0.3) is 5.56 Å². The zero-order valence-electron chi connectivity index (χ0n) is 9.86. The Hall–Kier alpha value is -1.58. The molecule has 17 heavy (non-hydrogen) atoms. The van der Waals surface area contributed by atoms with Crippen LogP contribution in [0.2, 0.25) is 0 Å². The van der Waals surface area contributed by atoms with Crippen LogP contribution in [-0.2, 0) is 29.1 Å². The van der Waals surface area contributed by atoms with Gasteiger partial charge in [0.2, 0.25) is 0 Å². The van der Waals surface area contributed by atoms with E-state index in [0.29, 0.717) is 12.0 Å². The summed E-state index contributed by atoms with van der Waals surface area (Å²) >= 11 is 0. The van der Waals surface area contributed by atoms with Crippen molar-refractivity contribution in [2.24, 2.45) is 0 Å². The molecule has 1 aromatic rings. The minimum Gasteiger partial charge on any atom is -0.460 e. The molecule has 1 unspecified atom stereocenters. The first-order chi connectivity index (χ1) is 8.22. The van der Waals surface area contributed by atoms with Crippen molar-refractivity contribution in [1.29, 1.82) is 0 Å². The molecule has 3 heterocycles. The van der Waals surface area contributed by atoms with E-state index in [2.05, 4.69) is 0 Å². The fourth-order valence-electron chi connectivity index (χ4n) is 2.85. The van der Waals surface area contributed by atoms with Crippen LogP contribution in [-0.4, -0.2) is 10.5 Å². The van der Waals surface area contributed by atoms with E-state index in [4.69, 9.17) is 4.74 Å². The van der Waals surface area contributed by atoms with E-state index in [1.165, 1.54) is 0 Å². The largest absolute Gasteiger partial charge is 0.460 e. The second-order valence-corrected chi connectivity index (χ2v) is 4.70. The molecule has 0 N–H and O–H groups in total. The standard InChI is InChI=1S/C13H15NO3/c1-2-9-10-6-8-4-3-5-14(8)12(15)11(10)7-17-13(9)16/h6,9H,2-5,7H2,1H3. The molecule has 0 spiro atoms. The van der Waals surface area contributed by atoms with Crippen LogP contribution in [0.4, 0.5) is 0 Å². The summed E-state index contributed by atoms with van der Waals surface area (Å²) < 4.78 is 6.92. The molecule has 0 saturated heterocycles. The Balaban J connectivity index is 2.23. The van der Waals surface area contributed by atoms with Crippen molar-refractivity contribution in [3.63, 3.8) is 0 Å². The number of fused-ring (bicyclic) bond motifs is 2. The fourth-order valence-corrected chi connectivity index (χ4v) is 2.85. The summed E-state index contributed by atoms with van der Waals surface area (Å²) in [6.45, 7) is 2.89. The van der Waals surface area contributed by atoms with Gasteiger partial charge in [-0.05, 0) is 30.9 Å². The Morgan fingerprint density at radius 3 is 3.06 bits per heavy atom. The van der Waals surface area contributed by atoms with Crippen molar-refractivity contribution >= 4 is 5.97 Å². The first-order valence-electron chi connectivity index (χ1n) is 6.14. The molecule has 0 radical (unpaired) electrons. The van der Waals surface area contributed by atoms with Gasteiger partial charge >= 0.3 is 5.97 Å². The number of carbonyl (C=O) groups excluding carboxylic acids is 1. The van der Waals surface area contributed by atoms with Crippen molar-refractivity contribution in [3.05, 3.63) is 33.2 Å². The predicted molar refractivity (Wildman–Crippen MR) is 61.9 cm³/mol. The summed E-state index contributed by atoms with van der Waals surface area (Å²) in [6, 6.07) is 2.04. The minimum absolute atomic E-state index is 0.0425. The third-order valence-corrected chi connectivity index (χ3v) is 3.76. The van der Waals surface area contributed by atoms with Crippen LogP contribution in [0.3, 0.4) is 0 Å². The number of cyclic esters (lactones) is 1. The molecule has 1 atom stereocenters. The van der Waals surface area contributed by atoms with Crippen LogP contribution >= 0.6 is 0 Å². The van der Waals surface area contributed by atoms with Gasteiger partial charge < -0.3 is 9.30 Å². The number of aryl methyl sites for hydroxylation is 1. The quantitative estimate of drug-likeness (QED) is 0.688. The van der Waals surface area contributed by atoms with Crippen molar-refractivity contribution in [2.75, 3.05) is 0 Å². The van der Waals surface area contributed by atoms with Gasteiger partial charge in [0.05, 0.1) is 11.5 Å². The van der Waals surface area contributed by atoms with E-state index < -0.39 is 0 Å². The van der Waals surface area contributed by atoms with Crippen LogP contribution in [0.25, 0.3) is 0 Å². The number of hydrogen-bond acceptors (Lipinski definition) is 3. The topological polar surface area (TPSA) is 48.3 Å². The third-order valence-electron chi connectivity index (χ3n) is 3.76. The second kappa shape index (κ2) is 3.72. The molecular formula is C13H15NO3. The number of ether oxygens (including phenoxy) is 1. The maximum Gasteiger partial charge on any atom is 0.313 e. The molecule has 4 nitrogen and oxygen atoms in total. The molecule has 0 bridgehead atoms. The number of hydrogen-bond donors (Lipinski definition) is 0. The molecule has 0 saturated carbocycles. The average molecular weight is 233 g/mol. The Kier molecular flexibility index (Phi) is 2.31. The average Bonchev–Trinajstić information content (AvgIpc) is 2.77. The molecule has 1 aromatic heterocycles. The maximum absolute atomic E-state index is 12.2. The van der Waals surface area contributed by atoms with Crippen LogP contribution in [0.15, 0.2) is 10.9 Å². The Labute approximate surface area is 99.2 Å². The highest BCUT2D eigenvalue weighted by atomic mass is 16.5. The molecule has 2 aliphatic heterocycles. The molecule has 0 aliphatic carbocycles. The molecule has 0 fully saturated rings. The smallest absolute Gasteiger partial charge is 0.313 e. The number of aromatic nitrogens is 1. The zero-order chi connectivity index (χ0) is 12.0. The van der Waals surface area contributed by atoms with Gasteiger partial charge in [-0.1, -0.05) is 6.92 Å². The lowest BCUT2D eigenvalue weighted by atomic mass is 9.90. The van der Waals surface area contributed by atoms with Crippen molar-refractivity contribution in [2.45, 2.75) is 45.3 Å². The minimum atomic E-state index is -0.252. The van der Waals surface area contributed by atoms with E-state index in [9.17, 15) is 9.59 Å². The molecule has 90 valence electrons. The lowest BCUT2D eigenvalue weighted by Crippen LogP contribution is -2.32. The van der Waals surface area contributed by atoms with E-state index in [1.54, 1.807) is 0 Å². The number of pyridine rings is 1. The number of esters is 1. The molecular weight excluding hydrogens is 218 g/mol. The number of rotatable bonds is 1. The summed E-state index contributed by atoms with van der Waals surface area (Å²) in [4.78, 5) is 23.9. The van der Waals surface area contributed by atoms with E-state index in [1.807, 2.05) is 17.6 Å². The maximum atomic E-state index is 12.2. The van der Waals surface area contributed by atoms with Gasteiger partial charge in [-0.25, -0.2) is 0 Å². The van der Waals surface area contributed by atoms with Gasteiger partial charge in [-0.15, -0.1) is 0 Å². The van der Waals surface area contributed by atoms with E-state index in [0.717, 1.165) is 30.6 Å². The van der Waals surface area contributed by atoms with Crippen LogP contribution < -0.4 is 5.56 Å². The number of carbonyl (C=O) groups is 1. The highest BCUT2D eigenvalue weighted by Crippen LogP contribution is 2.30. The molecule has 0 amide bonds. The Bertz CT molecular complexity index is 544. The van der Waals surface area contributed by atoms with Crippen LogP contribution in [0.1, 0.15) is 42.5 Å². The molecule has 2 aliphatic rings. The van der Waals surface area contributed by atoms with Gasteiger partial charge in [-0.2, -0.15) is 0 Å². The van der Waals surface area contributed by atoms with Crippen LogP contribution in [0, 0.1) is 0 Å². The summed E-state index contributed by atoms with van der Waals surface area (Å²) in [6.07, 6.45) is 2.65. The van der Waals surface area contributed by atoms with Gasteiger partial charge in [0.15, 0.2) is 0 Å². The lowest BCUT2D eigenvalue weighted by Gasteiger charge is -2.24. The Morgan fingerprint density at radius 1 is 1.47 bits per heavy atom. The second-order valence-electron chi connectivity index (χ2n) is 4.70. The van der Waals surface area contributed by atoms with E-state index >= 15 is 0 Å². The highest BCUT2D eigenvalue weighted by molar-refractivity contribution is 5.80. The summed E-state index contributed by atoms with van der Waals surface area (Å²) in [5, 5.41) is 0. The summed E-state index contributed by atoms with van der Waals surface area (Å²) in [5.74, 6) is -0.444. The SMILES string of the molecule is CCC1C(=O)OCc2c1cc1n(c2=O)CCC1. The van der Waals surface area contributed by atoms with Crippen molar-refractivity contribution in [3.8, 4) is 0 Å². The first-order valence-corrected chi connectivity index (χ1v) is 6.14. The van der Waals surface area contributed by atoms with Gasteiger partial charge in [0.1, 0.15) is 6.61 Å². The molecule has 4 heteroatoms. The van der Waals surface area contributed by atoms with E-state index in [-0.39, 0.29) is 24.1 Å². The zero-order valence-corrected chi connectivity index (χ0v) is 9.86. The number of nitrogens with zero attached hydrogens (tertiary/aromatic N) is 1. The first kappa shape index (κ1) is 10.6. The van der Waals surface area contributed by atoms with Crippen LogP contribution in [0.5, 0.6) is 0 Å². The van der Waals surface area contributed by atoms with Gasteiger partial charge in [0, 0.05) is 12.2 Å². The lowest BCUT2D eigenvalue weighted by molar-refractivity contribution is -0.148.